The van der Waals surface area contributed by atoms with Crippen LogP contribution in [0.5, 0.6) is 0 Å². The zero-order valence-electron chi connectivity index (χ0n) is 14.8. The predicted octanol–water partition coefficient (Wildman–Crippen LogP) is 3.49. The zero-order chi connectivity index (χ0) is 16.6. The molecule has 2 saturated heterocycles. The molecule has 0 unspecified atom stereocenters. The molecule has 1 aromatic carbocycles. The van der Waals surface area contributed by atoms with Crippen molar-refractivity contribution in [1.82, 2.24) is 9.80 Å². The third kappa shape index (κ3) is 5.32. The van der Waals surface area contributed by atoms with E-state index >= 15 is 0 Å². The molecule has 0 saturated carbocycles. The summed E-state index contributed by atoms with van der Waals surface area (Å²) in [6, 6.07) is 8.28. The van der Waals surface area contributed by atoms with Crippen molar-refractivity contribution in [3.8, 4) is 0 Å². The highest BCUT2D eigenvalue weighted by molar-refractivity contribution is 5.93. The molecule has 2 aliphatic rings. The molecule has 1 aromatic rings. The van der Waals surface area contributed by atoms with Crippen molar-refractivity contribution >= 4 is 11.6 Å². The summed E-state index contributed by atoms with van der Waals surface area (Å²) in [5, 5.41) is 3.16. The summed E-state index contributed by atoms with van der Waals surface area (Å²) < 4.78 is 0. The average Bonchev–Trinajstić information content (AvgIpc) is 2.86. The summed E-state index contributed by atoms with van der Waals surface area (Å²) in [4.78, 5) is 17.3. The molecule has 0 aromatic heterocycles. The summed E-state index contributed by atoms with van der Waals surface area (Å²) in [6.45, 7) is 5.94. The Balaban J connectivity index is 1.56. The highest BCUT2D eigenvalue weighted by atomic mass is 16.2. The van der Waals surface area contributed by atoms with Gasteiger partial charge in [-0.25, -0.2) is 0 Å². The molecule has 2 aliphatic heterocycles. The fourth-order valence-electron chi connectivity index (χ4n) is 3.83. The van der Waals surface area contributed by atoms with Crippen LogP contribution in [0.4, 0.5) is 5.69 Å². The minimum absolute atomic E-state index is 0.128. The van der Waals surface area contributed by atoms with E-state index < -0.39 is 0 Å². The molecule has 2 fully saturated rings. The van der Waals surface area contributed by atoms with Crippen molar-refractivity contribution in [2.75, 3.05) is 38.0 Å². The molecule has 4 heteroatoms. The van der Waals surface area contributed by atoms with Gasteiger partial charge in [0.25, 0.3) is 0 Å². The van der Waals surface area contributed by atoms with Crippen LogP contribution in [-0.4, -0.2) is 48.4 Å². The Bertz CT molecular complexity index is 517. The highest BCUT2D eigenvalue weighted by Gasteiger charge is 2.16. The van der Waals surface area contributed by atoms with E-state index in [1.165, 1.54) is 63.6 Å². The van der Waals surface area contributed by atoms with Gasteiger partial charge < -0.3 is 5.32 Å². The van der Waals surface area contributed by atoms with Gasteiger partial charge in [-0.1, -0.05) is 37.5 Å². The lowest BCUT2D eigenvalue weighted by atomic mass is 10.1. The summed E-state index contributed by atoms with van der Waals surface area (Å²) in [7, 11) is 0. The van der Waals surface area contributed by atoms with Crippen LogP contribution in [0.25, 0.3) is 0 Å². The second-order valence-electron chi connectivity index (χ2n) is 7.23. The van der Waals surface area contributed by atoms with Gasteiger partial charge in [-0.05, 0) is 63.5 Å². The molecule has 2 heterocycles. The fourth-order valence-corrected chi connectivity index (χ4v) is 3.83. The molecule has 1 amide bonds. The van der Waals surface area contributed by atoms with Crippen LogP contribution in [0.2, 0.25) is 0 Å². The Morgan fingerprint density at radius 1 is 0.833 bits per heavy atom. The summed E-state index contributed by atoms with van der Waals surface area (Å²) in [5.41, 5.74) is 2.23. The minimum Gasteiger partial charge on any atom is -0.325 e. The second-order valence-corrected chi connectivity index (χ2v) is 7.23. The Morgan fingerprint density at radius 3 is 2.12 bits per heavy atom. The van der Waals surface area contributed by atoms with Gasteiger partial charge in [-0.2, -0.15) is 0 Å². The van der Waals surface area contributed by atoms with E-state index in [1.807, 2.05) is 12.1 Å². The number of benzene rings is 1. The predicted molar refractivity (Wildman–Crippen MR) is 99.1 cm³/mol. The number of para-hydroxylation sites is 1. The first-order valence-electron chi connectivity index (χ1n) is 9.64. The van der Waals surface area contributed by atoms with Crippen LogP contribution in [-0.2, 0) is 11.3 Å². The molecule has 3 rings (SSSR count). The van der Waals surface area contributed by atoms with E-state index in [1.54, 1.807) is 0 Å². The third-order valence-corrected chi connectivity index (χ3v) is 5.20. The fraction of sp³-hybridized carbons (Fsp3) is 0.650. The smallest absolute Gasteiger partial charge is 0.238 e. The van der Waals surface area contributed by atoms with Crippen molar-refractivity contribution < 1.29 is 4.79 Å². The quantitative estimate of drug-likeness (QED) is 0.898. The Kier molecular flexibility index (Phi) is 6.67. The third-order valence-electron chi connectivity index (χ3n) is 5.20. The maximum absolute atomic E-state index is 12.5. The van der Waals surface area contributed by atoms with Crippen molar-refractivity contribution in [1.29, 1.82) is 0 Å². The Labute approximate surface area is 146 Å². The van der Waals surface area contributed by atoms with Crippen molar-refractivity contribution in [2.24, 2.45) is 0 Å². The summed E-state index contributed by atoms with van der Waals surface area (Å²) >= 11 is 0. The van der Waals surface area contributed by atoms with E-state index in [9.17, 15) is 4.79 Å². The van der Waals surface area contributed by atoms with Gasteiger partial charge in [0.2, 0.25) is 5.91 Å². The van der Waals surface area contributed by atoms with Gasteiger partial charge in [-0.3, -0.25) is 14.6 Å². The number of piperidine rings is 1. The van der Waals surface area contributed by atoms with E-state index in [-0.39, 0.29) is 5.91 Å². The molecular weight excluding hydrogens is 298 g/mol. The number of anilines is 1. The number of hydrogen-bond donors (Lipinski definition) is 1. The van der Waals surface area contributed by atoms with E-state index in [4.69, 9.17) is 0 Å². The molecule has 0 spiro atoms. The van der Waals surface area contributed by atoms with Crippen LogP contribution in [0.3, 0.4) is 0 Å². The van der Waals surface area contributed by atoms with Crippen LogP contribution in [0.15, 0.2) is 24.3 Å². The summed E-state index contributed by atoms with van der Waals surface area (Å²) in [6.07, 6.45) is 8.99. The van der Waals surface area contributed by atoms with Crippen LogP contribution < -0.4 is 5.32 Å². The molecule has 0 radical (unpaired) electrons. The first-order chi connectivity index (χ1) is 11.8. The van der Waals surface area contributed by atoms with Gasteiger partial charge in [0.05, 0.1) is 6.54 Å². The molecule has 0 atom stereocenters. The SMILES string of the molecule is O=C(CN1CCCCCC1)Nc1ccccc1CN1CCCCC1. The average molecular weight is 329 g/mol. The molecule has 24 heavy (non-hydrogen) atoms. The lowest BCUT2D eigenvalue weighted by molar-refractivity contribution is -0.117. The standard InChI is InChI=1S/C20H31N3O/c24-20(17-23-14-6-1-2-7-15-23)21-19-11-5-4-10-18(19)16-22-12-8-3-9-13-22/h4-5,10-11H,1-3,6-9,12-17H2,(H,21,24). The molecule has 0 bridgehead atoms. The lowest BCUT2D eigenvalue weighted by Gasteiger charge is -2.27. The minimum atomic E-state index is 0.128. The van der Waals surface area contributed by atoms with E-state index in [2.05, 4.69) is 27.2 Å². The Morgan fingerprint density at radius 2 is 1.42 bits per heavy atom. The number of carbonyl (C=O) groups excluding carboxylic acids is 1. The number of rotatable bonds is 5. The van der Waals surface area contributed by atoms with Gasteiger partial charge >= 0.3 is 0 Å². The topological polar surface area (TPSA) is 35.6 Å². The highest BCUT2D eigenvalue weighted by Crippen LogP contribution is 2.20. The molecule has 4 nitrogen and oxygen atoms in total. The van der Waals surface area contributed by atoms with Crippen molar-refractivity contribution in [3.63, 3.8) is 0 Å². The molecule has 132 valence electrons. The van der Waals surface area contributed by atoms with Gasteiger partial charge in [-0.15, -0.1) is 0 Å². The number of hydrogen-bond acceptors (Lipinski definition) is 3. The molecule has 1 N–H and O–H groups in total. The monoisotopic (exact) mass is 329 g/mol. The number of amides is 1. The van der Waals surface area contributed by atoms with Crippen LogP contribution in [0, 0.1) is 0 Å². The maximum Gasteiger partial charge on any atom is 0.238 e. The van der Waals surface area contributed by atoms with E-state index in [0.717, 1.165) is 25.3 Å². The first kappa shape index (κ1) is 17.4. The Hall–Kier alpha value is -1.39. The number of carbonyl (C=O) groups is 1. The normalized spacial score (nSPS) is 20.5. The largest absolute Gasteiger partial charge is 0.325 e. The van der Waals surface area contributed by atoms with Gasteiger partial charge in [0.1, 0.15) is 0 Å². The first-order valence-corrected chi connectivity index (χ1v) is 9.64. The van der Waals surface area contributed by atoms with Crippen molar-refractivity contribution in [3.05, 3.63) is 29.8 Å². The lowest BCUT2D eigenvalue weighted by Crippen LogP contribution is -2.34. The maximum atomic E-state index is 12.5. The van der Waals surface area contributed by atoms with Crippen LogP contribution >= 0.6 is 0 Å². The second kappa shape index (κ2) is 9.19. The zero-order valence-corrected chi connectivity index (χ0v) is 14.8. The molecular formula is C20H31N3O. The number of nitrogens with one attached hydrogen (secondary N) is 1. The number of nitrogens with zero attached hydrogens (tertiary/aromatic N) is 2. The van der Waals surface area contributed by atoms with Gasteiger partial charge in [0.15, 0.2) is 0 Å². The number of likely N-dealkylation sites (tertiary alicyclic amines) is 2. The van der Waals surface area contributed by atoms with Crippen molar-refractivity contribution in [2.45, 2.75) is 51.5 Å². The van der Waals surface area contributed by atoms with Crippen LogP contribution in [0.1, 0.15) is 50.5 Å². The van der Waals surface area contributed by atoms with E-state index in [0.29, 0.717) is 6.54 Å². The molecule has 0 aliphatic carbocycles. The van der Waals surface area contributed by atoms with Gasteiger partial charge in [0, 0.05) is 12.2 Å². The summed E-state index contributed by atoms with van der Waals surface area (Å²) in [5.74, 6) is 0.128.